The molecule has 31 heavy (non-hydrogen) atoms. The van der Waals surface area contributed by atoms with Crippen LogP contribution in [0.3, 0.4) is 0 Å². The molecule has 3 N–H and O–H groups in total. The zero-order chi connectivity index (χ0) is 22.4. The molecule has 0 bridgehead atoms. The van der Waals surface area contributed by atoms with Crippen molar-refractivity contribution in [3.63, 3.8) is 0 Å². The van der Waals surface area contributed by atoms with Crippen LogP contribution in [0.4, 0.5) is 5.82 Å². The molecule has 3 rings (SSSR count). The lowest BCUT2D eigenvalue weighted by Crippen LogP contribution is -2.48. The van der Waals surface area contributed by atoms with Crippen LogP contribution in [0.15, 0.2) is 39.9 Å². The third-order valence-corrected chi connectivity index (χ3v) is 5.32. The number of nitrogens with two attached hydrogens (primary N) is 1. The van der Waals surface area contributed by atoms with Gasteiger partial charge < -0.3 is 16.0 Å². The molecule has 2 aromatic rings. The fourth-order valence-corrected chi connectivity index (χ4v) is 3.79. The van der Waals surface area contributed by atoms with Gasteiger partial charge in [-0.15, -0.1) is 5.92 Å². The number of carbonyl (C=O) groups is 1. The minimum absolute atomic E-state index is 0.00833. The van der Waals surface area contributed by atoms with Crippen molar-refractivity contribution in [1.29, 1.82) is 0 Å². The number of benzene rings is 1. The van der Waals surface area contributed by atoms with E-state index in [2.05, 4.69) is 17.2 Å². The third-order valence-electron chi connectivity index (χ3n) is 5.32. The average molecular weight is 424 g/mol. The van der Waals surface area contributed by atoms with E-state index < -0.39 is 5.69 Å². The summed E-state index contributed by atoms with van der Waals surface area (Å²) >= 11 is 0. The molecule has 8 nitrogen and oxygen atoms in total. The number of nitrogens with zero attached hydrogens (tertiary/aromatic N) is 3. The first kappa shape index (κ1) is 22.4. The summed E-state index contributed by atoms with van der Waals surface area (Å²) in [6, 6.07) is 8.44. The molecule has 0 saturated carbocycles. The van der Waals surface area contributed by atoms with Crippen molar-refractivity contribution >= 4 is 11.7 Å². The Kier molecular flexibility index (Phi) is 7.32. The van der Waals surface area contributed by atoms with E-state index in [1.54, 1.807) is 31.2 Å². The van der Waals surface area contributed by atoms with Crippen LogP contribution in [0, 0.1) is 11.8 Å². The molecule has 1 aromatic heterocycles. The molecule has 1 aliphatic rings. The Morgan fingerprint density at radius 1 is 1.26 bits per heavy atom. The van der Waals surface area contributed by atoms with Gasteiger partial charge in [-0.2, -0.15) is 0 Å². The van der Waals surface area contributed by atoms with Gasteiger partial charge in [-0.25, -0.2) is 4.79 Å². The Bertz CT molecular complexity index is 1120. The highest BCUT2D eigenvalue weighted by molar-refractivity contribution is 5.94. The van der Waals surface area contributed by atoms with Crippen LogP contribution in [0.25, 0.3) is 0 Å². The summed E-state index contributed by atoms with van der Waals surface area (Å²) in [4.78, 5) is 40.3. The molecular formula is C23H29N5O3. The first-order valence-electron chi connectivity index (χ1n) is 10.6. The van der Waals surface area contributed by atoms with E-state index in [9.17, 15) is 14.4 Å². The third kappa shape index (κ3) is 5.25. The maximum Gasteiger partial charge on any atom is 0.333 e. The van der Waals surface area contributed by atoms with Gasteiger partial charge in [-0.3, -0.25) is 18.7 Å². The Labute approximate surface area is 181 Å². The highest BCUT2D eigenvalue weighted by atomic mass is 16.2. The minimum atomic E-state index is -0.423. The van der Waals surface area contributed by atoms with Crippen LogP contribution in [-0.4, -0.2) is 40.7 Å². The number of rotatable bonds is 6. The number of amides is 1. The lowest BCUT2D eigenvalue weighted by Gasteiger charge is -2.33. The van der Waals surface area contributed by atoms with E-state index in [1.807, 2.05) is 11.8 Å². The van der Waals surface area contributed by atoms with Gasteiger partial charge in [0.15, 0.2) is 0 Å². The molecule has 164 valence electrons. The van der Waals surface area contributed by atoms with E-state index in [1.165, 1.54) is 15.2 Å². The normalized spacial score (nSPS) is 15.8. The molecule has 0 aliphatic carbocycles. The summed E-state index contributed by atoms with van der Waals surface area (Å²) < 4.78 is 2.71. The van der Waals surface area contributed by atoms with Crippen molar-refractivity contribution in [2.24, 2.45) is 5.73 Å². The predicted octanol–water partition coefficient (Wildman–Crippen LogP) is 0.759. The fraction of sp³-hybridized carbons (Fsp3) is 0.435. The first-order chi connectivity index (χ1) is 14.9. The van der Waals surface area contributed by atoms with E-state index >= 15 is 0 Å². The number of nitrogens with one attached hydrogen (secondary N) is 1. The summed E-state index contributed by atoms with van der Waals surface area (Å²) in [6.07, 6.45) is 1.83. The zero-order valence-corrected chi connectivity index (χ0v) is 18.1. The number of carbonyl (C=O) groups excluding carboxylic acids is 1. The number of anilines is 1. The van der Waals surface area contributed by atoms with Gasteiger partial charge in [0, 0.05) is 37.3 Å². The minimum Gasteiger partial charge on any atom is -0.356 e. The molecule has 0 spiro atoms. The highest BCUT2D eigenvalue weighted by Crippen LogP contribution is 2.17. The standard InChI is InChI=1S/C23H29N5O3/c1-3-5-12-27-20(26-11-7-10-19(24)16-26)14-21(29)28(23(27)31)15-17-8-6-9-18(13-17)22(30)25-4-2/h6,8-9,13-14,19H,4,7,10-12,15-16,24H2,1-2H3,(H,25,30)/t19-/m1/s1. The Balaban J connectivity index is 2.01. The topological polar surface area (TPSA) is 102 Å². The second-order valence-corrected chi connectivity index (χ2v) is 7.63. The van der Waals surface area contributed by atoms with Crippen molar-refractivity contribution in [2.75, 3.05) is 24.5 Å². The maximum absolute atomic E-state index is 13.3. The molecule has 1 fully saturated rings. The van der Waals surface area contributed by atoms with Gasteiger partial charge >= 0.3 is 5.69 Å². The van der Waals surface area contributed by atoms with E-state index in [-0.39, 0.29) is 30.6 Å². The van der Waals surface area contributed by atoms with Crippen LogP contribution in [0.1, 0.15) is 42.6 Å². The van der Waals surface area contributed by atoms with E-state index in [0.717, 1.165) is 19.4 Å². The Morgan fingerprint density at radius 3 is 2.77 bits per heavy atom. The Hall–Kier alpha value is -3.31. The molecule has 1 atom stereocenters. The highest BCUT2D eigenvalue weighted by Gasteiger charge is 2.22. The molecule has 1 saturated heterocycles. The van der Waals surface area contributed by atoms with Crippen molar-refractivity contribution in [3.05, 3.63) is 62.3 Å². The van der Waals surface area contributed by atoms with Crippen LogP contribution in [-0.2, 0) is 13.1 Å². The van der Waals surface area contributed by atoms with Gasteiger partial charge in [-0.05, 0) is 44.4 Å². The van der Waals surface area contributed by atoms with Gasteiger partial charge in [0.05, 0.1) is 13.1 Å². The summed E-state index contributed by atoms with van der Waals surface area (Å²) in [5.41, 5.74) is 6.49. The molecule has 0 unspecified atom stereocenters. The lowest BCUT2D eigenvalue weighted by atomic mass is 10.1. The molecule has 0 radical (unpaired) electrons. The van der Waals surface area contributed by atoms with Crippen LogP contribution >= 0.6 is 0 Å². The van der Waals surface area contributed by atoms with Gasteiger partial charge in [0.2, 0.25) is 0 Å². The Morgan fingerprint density at radius 2 is 2.06 bits per heavy atom. The largest absolute Gasteiger partial charge is 0.356 e. The first-order valence-corrected chi connectivity index (χ1v) is 10.6. The number of hydrogen-bond acceptors (Lipinski definition) is 5. The number of aromatic nitrogens is 2. The summed E-state index contributed by atoms with van der Waals surface area (Å²) in [5, 5.41) is 2.75. The van der Waals surface area contributed by atoms with Gasteiger partial charge in [0.25, 0.3) is 11.5 Å². The number of piperidine rings is 1. The fourth-order valence-electron chi connectivity index (χ4n) is 3.79. The quantitative estimate of drug-likeness (QED) is 0.668. The maximum atomic E-state index is 13.3. The predicted molar refractivity (Wildman–Crippen MR) is 121 cm³/mol. The summed E-state index contributed by atoms with van der Waals surface area (Å²) in [5.74, 6) is 6.11. The molecule has 8 heteroatoms. The monoisotopic (exact) mass is 423 g/mol. The van der Waals surface area contributed by atoms with Gasteiger partial charge in [0.1, 0.15) is 5.82 Å². The summed E-state index contributed by atoms with van der Waals surface area (Å²) in [7, 11) is 0. The molecule has 1 aromatic carbocycles. The van der Waals surface area contributed by atoms with Crippen molar-refractivity contribution < 1.29 is 4.79 Å². The second-order valence-electron chi connectivity index (χ2n) is 7.63. The smallest absolute Gasteiger partial charge is 0.333 e. The van der Waals surface area contributed by atoms with Gasteiger partial charge in [-0.1, -0.05) is 18.1 Å². The molecule has 1 amide bonds. The molecular weight excluding hydrogens is 394 g/mol. The van der Waals surface area contributed by atoms with Crippen molar-refractivity contribution in [2.45, 2.75) is 45.8 Å². The zero-order valence-electron chi connectivity index (χ0n) is 18.1. The van der Waals surface area contributed by atoms with E-state index in [0.29, 0.717) is 30.0 Å². The number of hydrogen-bond donors (Lipinski definition) is 2. The van der Waals surface area contributed by atoms with Crippen molar-refractivity contribution in [1.82, 2.24) is 14.5 Å². The second kappa shape index (κ2) is 10.1. The molecule has 2 heterocycles. The van der Waals surface area contributed by atoms with Crippen LogP contribution < -0.4 is 27.2 Å². The van der Waals surface area contributed by atoms with Crippen LogP contribution in [0.2, 0.25) is 0 Å². The van der Waals surface area contributed by atoms with Crippen molar-refractivity contribution in [3.8, 4) is 11.8 Å². The summed E-state index contributed by atoms with van der Waals surface area (Å²) in [6.45, 7) is 5.68. The lowest BCUT2D eigenvalue weighted by molar-refractivity contribution is 0.0955. The molecule has 1 aliphatic heterocycles. The average Bonchev–Trinajstić information content (AvgIpc) is 2.76. The van der Waals surface area contributed by atoms with Crippen LogP contribution in [0.5, 0.6) is 0 Å². The SMILES string of the molecule is CC#CCn1c(N2CCC[C@@H](N)C2)cc(=O)n(Cc2cccc(C(=O)NCC)c2)c1=O. The van der Waals surface area contributed by atoms with E-state index in [4.69, 9.17) is 5.73 Å².